The second-order valence-electron chi connectivity index (χ2n) is 7.75. The Balaban J connectivity index is 1.71. The van der Waals surface area contributed by atoms with Crippen LogP contribution in [-0.4, -0.2) is 52.5 Å². The number of halogens is 2. The van der Waals surface area contributed by atoms with E-state index < -0.39 is 0 Å². The molecule has 1 fully saturated rings. The minimum Gasteiger partial charge on any atom is -0.367 e. The fourth-order valence-electron chi connectivity index (χ4n) is 3.99. The molecule has 0 unspecified atom stereocenters. The number of hydrogen-bond acceptors (Lipinski definition) is 5. The molecule has 0 amide bonds. The molecule has 1 N–H and O–H groups in total. The predicted molar refractivity (Wildman–Crippen MR) is 120 cm³/mol. The van der Waals surface area contributed by atoms with Gasteiger partial charge in [0.2, 0.25) is 0 Å². The van der Waals surface area contributed by atoms with E-state index in [9.17, 15) is 4.39 Å². The number of aryl methyl sites for hydroxylation is 1. The first-order chi connectivity index (χ1) is 14.5. The van der Waals surface area contributed by atoms with Crippen LogP contribution in [0.2, 0.25) is 5.02 Å². The maximum absolute atomic E-state index is 14.6. The molecule has 6 nitrogen and oxygen atoms in total. The number of likely N-dealkylation sites (N-methyl/N-ethyl adjacent to an activating group) is 1. The van der Waals surface area contributed by atoms with Crippen molar-refractivity contribution in [1.29, 1.82) is 0 Å². The fraction of sp³-hybridized carbons (Fsp3) is 0.273. The van der Waals surface area contributed by atoms with E-state index in [1.807, 2.05) is 29.5 Å². The molecule has 5 rings (SSSR count). The molecule has 1 aliphatic rings. The number of benzene rings is 2. The van der Waals surface area contributed by atoms with Gasteiger partial charge in [-0.3, -0.25) is 4.40 Å². The number of piperazine rings is 1. The quantitative estimate of drug-likeness (QED) is 0.525. The third-order valence-electron chi connectivity index (χ3n) is 5.71. The lowest BCUT2D eigenvalue weighted by molar-refractivity contribution is 0.313. The van der Waals surface area contributed by atoms with Gasteiger partial charge in [0.1, 0.15) is 16.9 Å². The SMILES string of the molecule is Cc1cccc(Cl)c1Nc1nc2c(N3CCN(C)CC3)cc(F)cc2n2cncc12. The Morgan fingerprint density at radius 2 is 1.90 bits per heavy atom. The second-order valence-corrected chi connectivity index (χ2v) is 8.16. The van der Waals surface area contributed by atoms with Crippen molar-refractivity contribution in [2.45, 2.75) is 6.92 Å². The molecule has 30 heavy (non-hydrogen) atoms. The molecule has 2 aromatic heterocycles. The van der Waals surface area contributed by atoms with Crippen molar-refractivity contribution in [2.24, 2.45) is 0 Å². The smallest absolute Gasteiger partial charge is 0.157 e. The summed E-state index contributed by atoms with van der Waals surface area (Å²) in [6.07, 6.45) is 3.42. The Labute approximate surface area is 178 Å². The minimum absolute atomic E-state index is 0.282. The molecule has 154 valence electrons. The second kappa shape index (κ2) is 7.41. The highest BCUT2D eigenvalue weighted by Crippen LogP contribution is 2.34. The molecular weight excluding hydrogens is 403 g/mol. The van der Waals surface area contributed by atoms with E-state index in [1.165, 1.54) is 6.07 Å². The highest BCUT2D eigenvalue weighted by atomic mass is 35.5. The molecule has 0 atom stereocenters. The van der Waals surface area contributed by atoms with Crippen LogP contribution in [0.25, 0.3) is 16.6 Å². The van der Waals surface area contributed by atoms with Gasteiger partial charge in [-0.1, -0.05) is 23.7 Å². The normalized spacial score (nSPS) is 15.3. The molecule has 0 aliphatic carbocycles. The molecule has 3 heterocycles. The number of aromatic nitrogens is 3. The van der Waals surface area contributed by atoms with Crippen molar-refractivity contribution >= 4 is 45.3 Å². The number of nitrogens with one attached hydrogen (secondary N) is 1. The predicted octanol–water partition coefficient (Wildman–Crippen LogP) is 4.48. The summed E-state index contributed by atoms with van der Waals surface area (Å²) < 4.78 is 16.5. The van der Waals surface area contributed by atoms with Crippen LogP contribution in [0, 0.1) is 12.7 Å². The maximum Gasteiger partial charge on any atom is 0.157 e. The van der Waals surface area contributed by atoms with E-state index in [1.54, 1.807) is 18.6 Å². The number of fused-ring (bicyclic) bond motifs is 3. The summed E-state index contributed by atoms with van der Waals surface area (Å²) in [6, 6.07) is 8.85. The Morgan fingerprint density at radius 1 is 1.10 bits per heavy atom. The molecule has 0 saturated carbocycles. The van der Waals surface area contributed by atoms with Gasteiger partial charge in [0.15, 0.2) is 5.82 Å². The number of imidazole rings is 1. The molecule has 1 aliphatic heterocycles. The van der Waals surface area contributed by atoms with E-state index in [0.29, 0.717) is 16.4 Å². The first-order valence-corrected chi connectivity index (χ1v) is 10.3. The van der Waals surface area contributed by atoms with E-state index >= 15 is 0 Å². The molecule has 1 saturated heterocycles. The van der Waals surface area contributed by atoms with Gasteiger partial charge in [0.25, 0.3) is 0 Å². The van der Waals surface area contributed by atoms with Crippen LogP contribution < -0.4 is 10.2 Å². The summed E-state index contributed by atoms with van der Waals surface area (Å²) in [4.78, 5) is 13.7. The van der Waals surface area contributed by atoms with Crippen LogP contribution in [0.1, 0.15) is 5.56 Å². The van der Waals surface area contributed by atoms with Crippen LogP contribution in [0.5, 0.6) is 0 Å². The van der Waals surface area contributed by atoms with Gasteiger partial charge in [-0.05, 0) is 31.7 Å². The first kappa shape index (κ1) is 19.1. The lowest BCUT2D eigenvalue weighted by Gasteiger charge is -2.34. The zero-order chi connectivity index (χ0) is 20.8. The zero-order valence-corrected chi connectivity index (χ0v) is 17.6. The summed E-state index contributed by atoms with van der Waals surface area (Å²) in [5.74, 6) is 0.356. The van der Waals surface area contributed by atoms with E-state index in [-0.39, 0.29) is 5.82 Å². The summed E-state index contributed by atoms with van der Waals surface area (Å²) in [6.45, 7) is 5.49. The summed E-state index contributed by atoms with van der Waals surface area (Å²) >= 11 is 6.44. The van der Waals surface area contributed by atoms with E-state index in [2.05, 4.69) is 27.1 Å². The number of hydrogen-bond donors (Lipinski definition) is 1. The van der Waals surface area contributed by atoms with Crippen molar-refractivity contribution in [3.8, 4) is 0 Å². The molecule has 0 spiro atoms. The van der Waals surface area contributed by atoms with Gasteiger partial charge < -0.3 is 15.1 Å². The number of anilines is 3. The Kier molecular flexibility index (Phi) is 4.72. The first-order valence-electron chi connectivity index (χ1n) is 9.92. The van der Waals surface area contributed by atoms with Crippen molar-refractivity contribution < 1.29 is 4.39 Å². The lowest BCUT2D eigenvalue weighted by atomic mass is 10.2. The van der Waals surface area contributed by atoms with E-state index in [0.717, 1.165) is 54.2 Å². The highest BCUT2D eigenvalue weighted by molar-refractivity contribution is 6.33. The molecule has 8 heteroatoms. The number of para-hydroxylation sites is 1. The minimum atomic E-state index is -0.282. The number of rotatable bonds is 3. The van der Waals surface area contributed by atoms with Gasteiger partial charge >= 0.3 is 0 Å². The molecule has 4 aromatic rings. The molecule has 0 radical (unpaired) electrons. The Bertz CT molecular complexity index is 1230. The fourth-order valence-corrected chi connectivity index (χ4v) is 4.26. The third kappa shape index (κ3) is 3.24. The Morgan fingerprint density at radius 3 is 2.67 bits per heavy atom. The van der Waals surface area contributed by atoms with Gasteiger partial charge in [0, 0.05) is 32.2 Å². The summed E-state index contributed by atoms with van der Waals surface area (Å²) in [5.41, 5.74) is 4.80. The van der Waals surface area contributed by atoms with Crippen LogP contribution in [-0.2, 0) is 0 Å². The van der Waals surface area contributed by atoms with Crippen molar-refractivity contribution in [1.82, 2.24) is 19.3 Å². The van der Waals surface area contributed by atoms with Gasteiger partial charge in [-0.25, -0.2) is 14.4 Å². The zero-order valence-electron chi connectivity index (χ0n) is 16.9. The summed E-state index contributed by atoms with van der Waals surface area (Å²) in [7, 11) is 2.10. The van der Waals surface area contributed by atoms with Gasteiger partial charge in [-0.2, -0.15) is 0 Å². The average Bonchev–Trinajstić information content (AvgIpc) is 3.22. The average molecular weight is 425 g/mol. The van der Waals surface area contributed by atoms with E-state index in [4.69, 9.17) is 16.6 Å². The van der Waals surface area contributed by atoms with Crippen molar-refractivity contribution in [3.05, 3.63) is 59.3 Å². The van der Waals surface area contributed by atoms with Crippen molar-refractivity contribution in [2.75, 3.05) is 43.4 Å². The van der Waals surface area contributed by atoms with Crippen LogP contribution >= 0.6 is 11.6 Å². The van der Waals surface area contributed by atoms with Crippen LogP contribution in [0.3, 0.4) is 0 Å². The largest absolute Gasteiger partial charge is 0.367 e. The monoisotopic (exact) mass is 424 g/mol. The lowest BCUT2D eigenvalue weighted by Crippen LogP contribution is -2.44. The third-order valence-corrected chi connectivity index (χ3v) is 6.02. The molecular formula is C22H22ClFN6. The summed E-state index contributed by atoms with van der Waals surface area (Å²) in [5, 5.41) is 4.01. The standard InChI is InChI=1S/C22H22ClFN6/c1-14-4-3-5-16(23)20(14)26-22-19-12-25-13-30(19)18-11-15(24)10-17(21(18)27-22)29-8-6-28(2)7-9-29/h3-5,10-13H,6-9H2,1-2H3,(H,26,27). The maximum atomic E-state index is 14.6. The van der Waals surface area contributed by atoms with Crippen LogP contribution in [0.15, 0.2) is 42.9 Å². The van der Waals surface area contributed by atoms with Crippen LogP contribution in [0.4, 0.5) is 21.6 Å². The topological polar surface area (TPSA) is 48.7 Å². The molecule has 2 aromatic carbocycles. The number of nitrogens with zero attached hydrogens (tertiary/aromatic N) is 5. The molecule has 0 bridgehead atoms. The highest BCUT2D eigenvalue weighted by Gasteiger charge is 2.21. The van der Waals surface area contributed by atoms with Gasteiger partial charge in [-0.15, -0.1) is 0 Å². The Hall–Kier alpha value is -2.90. The van der Waals surface area contributed by atoms with Crippen molar-refractivity contribution in [3.63, 3.8) is 0 Å². The van der Waals surface area contributed by atoms with Gasteiger partial charge in [0.05, 0.1) is 34.4 Å².